The molecule has 0 fully saturated rings. The maximum absolute atomic E-state index is 12.8. The Morgan fingerprint density at radius 3 is 2.31 bits per heavy atom. The number of hydrogen-bond donors (Lipinski definition) is 1. The SMILES string of the molecule is O=C1c2cccnc2C(=O)N1Cc1ccc(S(=O)(=O)Nc2cccc(C(F)(F)F)c2)cc1. The van der Waals surface area contributed by atoms with Crippen LogP contribution >= 0.6 is 0 Å². The van der Waals surface area contributed by atoms with Crippen LogP contribution in [-0.4, -0.2) is 30.1 Å². The van der Waals surface area contributed by atoms with E-state index in [9.17, 15) is 31.2 Å². The molecule has 3 aromatic rings. The van der Waals surface area contributed by atoms with Crippen molar-refractivity contribution in [1.29, 1.82) is 0 Å². The molecule has 1 aromatic heterocycles. The molecular weight excluding hydrogens is 447 g/mol. The number of halogens is 3. The molecule has 2 amide bonds. The molecule has 2 aromatic carbocycles. The maximum atomic E-state index is 12.8. The van der Waals surface area contributed by atoms with Crippen molar-refractivity contribution in [2.45, 2.75) is 17.6 Å². The minimum absolute atomic E-state index is 0.0574. The number of nitrogens with zero attached hydrogens (tertiary/aromatic N) is 2. The van der Waals surface area contributed by atoms with Crippen LogP contribution in [0.4, 0.5) is 18.9 Å². The van der Waals surface area contributed by atoms with E-state index in [2.05, 4.69) is 9.71 Å². The molecule has 0 saturated carbocycles. The molecule has 164 valence electrons. The monoisotopic (exact) mass is 461 g/mol. The first-order chi connectivity index (χ1) is 15.1. The minimum Gasteiger partial charge on any atom is -0.280 e. The molecule has 1 N–H and O–H groups in total. The summed E-state index contributed by atoms with van der Waals surface area (Å²) < 4.78 is 65.7. The van der Waals surface area contributed by atoms with Gasteiger partial charge in [0.2, 0.25) is 0 Å². The average Bonchev–Trinajstić information content (AvgIpc) is 2.99. The van der Waals surface area contributed by atoms with Crippen molar-refractivity contribution in [2.75, 3.05) is 4.72 Å². The van der Waals surface area contributed by atoms with Gasteiger partial charge in [0.1, 0.15) is 5.69 Å². The lowest BCUT2D eigenvalue weighted by Crippen LogP contribution is -2.29. The molecule has 2 heterocycles. The van der Waals surface area contributed by atoms with E-state index in [1.54, 1.807) is 6.07 Å². The fraction of sp³-hybridized carbons (Fsp3) is 0.0952. The molecule has 1 aliphatic rings. The molecule has 32 heavy (non-hydrogen) atoms. The van der Waals surface area contributed by atoms with Gasteiger partial charge >= 0.3 is 6.18 Å². The normalized spacial score (nSPS) is 13.9. The number of carbonyl (C=O) groups excluding carboxylic acids is 2. The third kappa shape index (κ3) is 4.06. The van der Waals surface area contributed by atoms with E-state index in [-0.39, 0.29) is 28.4 Å². The fourth-order valence-electron chi connectivity index (χ4n) is 3.19. The molecule has 4 rings (SSSR count). The largest absolute Gasteiger partial charge is 0.416 e. The number of fused-ring (bicyclic) bond motifs is 1. The summed E-state index contributed by atoms with van der Waals surface area (Å²) in [6.45, 7) is -0.0879. The molecule has 0 radical (unpaired) electrons. The van der Waals surface area contributed by atoms with E-state index in [4.69, 9.17) is 0 Å². The molecule has 0 saturated heterocycles. The van der Waals surface area contributed by atoms with Crippen molar-refractivity contribution in [1.82, 2.24) is 9.88 Å². The Labute approximate surface area is 180 Å². The summed E-state index contributed by atoms with van der Waals surface area (Å²) in [7, 11) is -4.16. The van der Waals surface area contributed by atoms with Crippen molar-refractivity contribution in [3.8, 4) is 0 Å². The van der Waals surface area contributed by atoms with E-state index in [1.807, 2.05) is 0 Å². The molecule has 0 bridgehead atoms. The zero-order valence-electron chi connectivity index (χ0n) is 16.1. The van der Waals surface area contributed by atoms with Crippen molar-refractivity contribution in [3.05, 3.63) is 89.2 Å². The third-order valence-corrected chi connectivity index (χ3v) is 6.14. The Bertz CT molecular complexity index is 1290. The van der Waals surface area contributed by atoms with Crippen LogP contribution in [0.25, 0.3) is 0 Å². The molecule has 7 nitrogen and oxygen atoms in total. The quantitative estimate of drug-likeness (QED) is 0.585. The van der Waals surface area contributed by atoms with Crippen LogP contribution in [0.3, 0.4) is 0 Å². The zero-order chi connectivity index (χ0) is 23.1. The summed E-state index contributed by atoms with van der Waals surface area (Å²) >= 11 is 0. The van der Waals surface area contributed by atoms with Crippen LogP contribution in [0.15, 0.2) is 71.8 Å². The first kappa shape index (κ1) is 21.5. The number of aromatic nitrogens is 1. The fourth-order valence-corrected chi connectivity index (χ4v) is 4.24. The maximum Gasteiger partial charge on any atom is 0.416 e. The number of rotatable bonds is 5. The predicted molar refractivity (Wildman–Crippen MR) is 107 cm³/mol. The summed E-state index contributed by atoms with van der Waals surface area (Å²) in [6.07, 6.45) is -3.20. The van der Waals surface area contributed by atoms with E-state index in [0.717, 1.165) is 17.0 Å². The van der Waals surface area contributed by atoms with Crippen LogP contribution in [0.5, 0.6) is 0 Å². The van der Waals surface area contributed by atoms with Gasteiger partial charge in [0.25, 0.3) is 21.8 Å². The first-order valence-electron chi connectivity index (χ1n) is 9.16. The van der Waals surface area contributed by atoms with Crippen LogP contribution in [-0.2, 0) is 22.7 Å². The molecule has 0 spiro atoms. The lowest BCUT2D eigenvalue weighted by Gasteiger charge is -2.14. The van der Waals surface area contributed by atoms with E-state index >= 15 is 0 Å². The lowest BCUT2D eigenvalue weighted by atomic mass is 10.2. The standard InChI is InChI=1S/C21H14F3N3O4S/c22-21(23,24)14-3-1-4-15(11-14)26-32(30,31)16-8-6-13(7-9-16)12-27-19(28)17-5-2-10-25-18(17)20(27)29/h1-11,26H,12H2. The van der Waals surface area contributed by atoms with Gasteiger partial charge in [-0.2, -0.15) is 13.2 Å². The van der Waals surface area contributed by atoms with Gasteiger partial charge in [-0.1, -0.05) is 18.2 Å². The van der Waals surface area contributed by atoms with Crippen molar-refractivity contribution < 1.29 is 31.2 Å². The van der Waals surface area contributed by atoms with Gasteiger partial charge in [0.05, 0.1) is 22.6 Å². The Hall–Kier alpha value is -3.73. The average molecular weight is 461 g/mol. The minimum atomic E-state index is -4.61. The molecule has 0 atom stereocenters. The number of amides is 2. The Morgan fingerprint density at radius 1 is 0.938 bits per heavy atom. The van der Waals surface area contributed by atoms with Gasteiger partial charge in [-0.05, 0) is 48.0 Å². The lowest BCUT2D eigenvalue weighted by molar-refractivity contribution is -0.137. The Morgan fingerprint density at radius 2 is 1.66 bits per heavy atom. The van der Waals surface area contributed by atoms with E-state index < -0.39 is 33.6 Å². The number of anilines is 1. The molecule has 11 heteroatoms. The van der Waals surface area contributed by atoms with E-state index in [1.165, 1.54) is 42.6 Å². The number of benzene rings is 2. The van der Waals surface area contributed by atoms with Crippen LogP contribution in [0.1, 0.15) is 32.0 Å². The number of imide groups is 1. The van der Waals surface area contributed by atoms with Gasteiger partial charge in [0, 0.05) is 11.9 Å². The van der Waals surface area contributed by atoms with Gasteiger partial charge in [0.15, 0.2) is 0 Å². The molecule has 0 unspecified atom stereocenters. The number of hydrogen-bond acceptors (Lipinski definition) is 5. The van der Waals surface area contributed by atoms with Gasteiger partial charge in [-0.3, -0.25) is 24.2 Å². The third-order valence-electron chi connectivity index (χ3n) is 4.75. The smallest absolute Gasteiger partial charge is 0.280 e. The van der Waals surface area contributed by atoms with Crippen LogP contribution < -0.4 is 4.72 Å². The first-order valence-corrected chi connectivity index (χ1v) is 10.6. The number of carbonyl (C=O) groups is 2. The summed E-state index contributed by atoms with van der Waals surface area (Å²) in [6, 6.07) is 12.2. The van der Waals surface area contributed by atoms with E-state index in [0.29, 0.717) is 11.6 Å². The second kappa shape index (κ2) is 7.75. The summed E-state index contributed by atoms with van der Waals surface area (Å²) in [5.41, 5.74) is -0.479. The highest BCUT2D eigenvalue weighted by Gasteiger charge is 2.36. The number of alkyl halides is 3. The van der Waals surface area contributed by atoms with Crippen molar-refractivity contribution >= 4 is 27.5 Å². The summed E-state index contributed by atoms with van der Waals surface area (Å²) in [5.74, 6) is -1.05. The number of pyridine rings is 1. The van der Waals surface area contributed by atoms with Crippen LogP contribution in [0, 0.1) is 0 Å². The number of sulfonamides is 1. The summed E-state index contributed by atoms with van der Waals surface area (Å²) in [4.78, 5) is 29.5. The summed E-state index contributed by atoms with van der Waals surface area (Å²) in [5, 5.41) is 0. The van der Waals surface area contributed by atoms with Gasteiger partial charge in [-0.25, -0.2) is 8.42 Å². The topological polar surface area (TPSA) is 96.4 Å². The van der Waals surface area contributed by atoms with Crippen molar-refractivity contribution in [2.24, 2.45) is 0 Å². The second-order valence-corrected chi connectivity index (χ2v) is 8.61. The molecule has 0 aliphatic carbocycles. The second-order valence-electron chi connectivity index (χ2n) is 6.92. The Balaban J connectivity index is 1.50. The molecule has 1 aliphatic heterocycles. The van der Waals surface area contributed by atoms with Gasteiger partial charge in [-0.15, -0.1) is 0 Å². The highest BCUT2D eigenvalue weighted by atomic mass is 32.2. The molecular formula is C21H14F3N3O4S. The highest BCUT2D eigenvalue weighted by Crippen LogP contribution is 2.31. The number of nitrogens with one attached hydrogen (secondary N) is 1. The Kier molecular flexibility index (Phi) is 5.21. The van der Waals surface area contributed by atoms with Gasteiger partial charge < -0.3 is 0 Å². The van der Waals surface area contributed by atoms with Crippen molar-refractivity contribution in [3.63, 3.8) is 0 Å². The zero-order valence-corrected chi connectivity index (χ0v) is 16.9. The highest BCUT2D eigenvalue weighted by molar-refractivity contribution is 7.92. The van der Waals surface area contributed by atoms with Crippen LogP contribution in [0.2, 0.25) is 0 Å². The predicted octanol–water partition coefficient (Wildman–Crippen LogP) is 3.70.